The summed E-state index contributed by atoms with van der Waals surface area (Å²) in [6.07, 6.45) is 1.02. The van der Waals surface area contributed by atoms with Crippen LogP contribution in [0.25, 0.3) is 10.9 Å². The third-order valence-electron chi connectivity index (χ3n) is 4.23. The largest absolute Gasteiger partial charge is 0.369 e. The number of rotatable bonds is 3. The Morgan fingerprint density at radius 2 is 1.95 bits per heavy atom. The summed E-state index contributed by atoms with van der Waals surface area (Å²) in [5.74, 6) is 0. The molecule has 0 radical (unpaired) electrons. The first-order valence-electron chi connectivity index (χ1n) is 7.40. The van der Waals surface area contributed by atoms with Crippen molar-refractivity contribution in [1.82, 2.24) is 9.47 Å². The van der Waals surface area contributed by atoms with Crippen molar-refractivity contribution in [3.63, 3.8) is 0 Å². The molecule has 2 aromatic rings. The fourth-order valence-corrected chi connectivity index (χ4v) is 3.33. The number of nitrogens with zero attached hydrogens (tertiary/aromatic N) is 2. The van der Waals surface area contributed by atoms with Gasteiger partial charge in [-0.25, -0.2) is 0 Å². The van der Waals surface area contributed by atoms with Gasteiger partial charge < -0.3 is 14.2 Å². The van der Waals surface area contributed by atoms with Gasteiger partial charge in [-0.05, 0) is 46.0 Å². The van der Waals surface area contributed by atoms with Crippen LogP contribution in [-0.4, -0.2) is 36.7 Å². The molecule has 21 heavy (non-hydrogen) atoms. The summed E-state index contributed by atoms with van der Waals surface area (Å²) >= 11 is 0. The molecule has 0 bridgehead atoms. The number of ether oxygens (including phenoxy) is 1. The highest BCUT2D eigenvalue weighted by molar-refractivity contribution is 5.86. The molecule has 1 aliphatic heterocycles. The Kier molecular flexibility index (Phi) is 4.66. The number of halogens is 1. The molecule has 0 saturated carbocycles. The highest BCUT2D eigenvalue weighted by atomic mass is 35.5. The van der Waals surface area contributed by atoms with E-state index in [1.807, 2.05) is 0 Å². The molecule has 0 saturated heterocycles. The summed E-state index contributed by atoms with van der Waals surface area (Å²) < 4.78 is 8.50. The fourth-order valence-electron chi connectivity index (χ4n) is 3.33. The quantitative estimate of drug-likeness (QED) is 0.864. The third-order valence-corrected chi connectivity index (χ3v) is 4.23. The van der Waals surface area contributed by atoms with Gasteiger partial charge in [0.15, 0.2) is 0 Å². The topological polar surface area (TPSA) is 17.4 Å². The minimum atomic E-state index is -0.196. The molecular formula is C17H25ClN2O. The standard InChI is InChI=1S/C17H24N2O.ClH/c1-17(2)16-14(9-12-20-17)13-7-5-6-8-15(13)19(16)11-10-18(3)4;/h5-8H,9-12H2,1-4H3;1H. The van der Waals surface area contributed by atoms with Crippen LogP contribution in [-0.2, 0) is 23.3 Å². The van der Waals surface area contributed by atoms with Crippen LogP contribution in [0.3, 0.4) is 0 Å². The maximum Gasteiger partial charge on any atom is 0.103 e. The van der Waals surface area contributed by atoms with E-state index in [1.54, 1.807) is 0 Å². The lowest BCUT2D eigenvalue weighted by Crippen LogP contribution is -2.32. The molecule has 0 unspecified atom stereocenters. The summed E-state index contributed by atoms with van der Waals surface area (Å²) in [5, 5.41) is 1.40. The lowest BCUT2D eigenvalue weighted by Gasteiger charge is -2.33. The monoisotopic (exact) mass is 308 g/mol. The van der Waals surface area contributed by atoms with E-state index in [-0.39, 0.29) is 18.0 Å². The lowest BCUT2D eigenvalue weighted by atomic mass is 9.94. The molecule has 1 aromatic carbocycles. The van der Waals surface area contributed by atoms with E-state index in [1.165, 1.54) is 22.2 Å². The molecule has 0 amide bonds. The molecule has 1 aromatic heterocycles. The van der Waals surface area contributed by atoms with Gasteiger partial charge in [-0.3, -0.25) is 0 Å². The summed E-state index contributed by atoms with van der Waals surface area (Å²) in [5.41, 5.74) is 4.00. The summed E-state index contributed by atoms with van der Waals surface area (Å²) in [6.45, 7) is 7.25. The predicted octanol–water partition coefficient (Wildman–Crippen LogP) is 3.43. The van der Waals surface area contributed by atoms with Crippen molar-refractivity contribution in [2.24, 2.45) is 0 Å². The van der Waals surface area contributed by atoms with Crippen molar-refractivity contribution in [1.29, 1.82) is 0 Å². The average Bonchev–Trinajstić information content (AvgIpc) is 2.72. The molecule has 3 nitrogen and oxygen atoms in total. The highest BCUT2D eigenvalue weighted by Crippen LogP contribution is 2.38. The summed E-state index contributed by atoms with van der Waals surface area (Å²) in [4.78, 5) is 2.23. The van der Waals surface area contributed by atoms with Crippen molar-refractivity contribution in [2.75, 3.05) is 27.2 Å². The van der Waals surface area contributed by atoms with E-state index in [4.69, 9.17) is 4.74 Å². The Morgan fingerprint density at radius 3 is 2.67 bits per heavy atom. The minimum Gasteiger partial charge on any atom is -0.369 e. The number of para-hydroxylation sites is 1. The van der Waals surface area contributed by atoms with Crippen molar-refractivity contribution >= 4 is 23.3 Å². The van der Waals surface area contributed by atoms with Gasteiger partial charge in [0.25, 0.3) is 0 Å². The Morgan fingerprint density at radius 1 is 1.24 bits per heavy atom. The van der Waals surface area contributed by atoms with Gasteiger partial charge in [0, 0.05) is 24.0 Å². The SMILES string of the molecule is CN(C)CCn1c2c(c3ccccc31)CCOC2(C)C.Cl. The summed E-state index contributed by atoms with van der Waals surface area (Å²) in [6, 6.07) is 8.76. The van der Waals surface area contributed by atoms with Crippen LogP contribution in [0, 0.1) is 0 Å². The molecule has 0 N–H and O–H groups in total. The van der Waals surface area contributed by atoms with Gasteiger partial charge in [-0.1, -0.05) is 18.2 Å². The second-order valence-electron chi connectivity index (χ2n) is 6.41. The molecule has 3 rings (SSSR count). The lowest BCUT2D eigenvalue weighted by molar-refractivity contribution is -0.0370. The minimum absolute atomic E-state index is 0. The molecular weight excluding hydrogens is 284 g/mol. The molecule has 116 valence electrons. The predicted molar refractivity (Wildman–Crippen MR) is 90.4 cm³/mol. The number of hydrogen-bond donors (Lipinski definition) is 0. The zero-order valence-corrected chi connectivity index (χ0v) is 14.2. The average molecular weight is 309 g/mol. The molecule has 0 atom stereocenters. The van der Waals surface area contributed by atoms with Gasteiger partial charge in [-0.15, -0.1) is 12.4 Å². The molecule has 0 aliphatic carbocycles. The number of fused-ring (bicyclic) bond motifs is 3. The van der Waals surface area contributed by atoms with Crippen molar-refractivity contribution in [2.45, 2.75) is 32.4 Å². The Bertz CT molecular complexity index is 631. The van der Waals surface area contributed by atoms with Gasteiger partial charge in [0.2, 0.25) is 0 Å². The first kappa shape index (κ1) is 16.3. The smallest absolute Gasteiger partial charge is 0.103 e. The van der Waals surface area contributed by atoms with E-state index < -0.39 is 0 Å². The summed E-state index contributed by atoms with van der Waals surface area (Å²) in [7, 11) is 4.25. The Hall–Kier alpha value is -1.03. The van der Waals surface area contributed by atoms with Crippen LogP contribution in [0.4, 0.5) is 0 Å². The number of hydrogen-bond acceptors (Lipinski definition) is 2. The zero-order valence-electron chi connectivity index (χ0n) is 13.3. The van der Waals surface area contributed by atoms with Crippen molar-refractivity contribution in [3.8, 4) is 0 Å². The van der Waals surface area contributed by atoms with Crippen LogP contribution < -0.4 is 0 Å². The van der Waals surface area contributed by atoms with E-state index >= 15 is 0 Å². The maximum absolute atomic E-state index is 6.03. The van der Waals surface area contributed by atoms with Crippen LogP contribution in [0.2, 0.25) is 0 Å². The second kappa shape index (κ2) is 5.99. The molecule has 4 heteroatoms. The van der Waals surface area contributed by atoms with Gasteiger partial charge in [-0.2, -0.15) is 0 Å². The first-order chi connectivity index (χ1) is 9.50. The number of aromatic nitrogens is 1. The van der Waals surface area contributed by atoms with Crippen LogP contribution in [0.1, 0.15) is 25.1 Å². The Labute approximate surface area is 133 Å². The zero-order chi connectivity index (χ0) is 14.3. The van der Waals surface area contributed by atoms with Gasteiger partial charge in [0.1, 0.15) is 5.60 Å². The van der Waals surface area contributed by atoms with Gasteiger partial charge in [0.05, 0.1) is 12.3 Å². The number of likely N-dealkylation sites (N-methyl/N-ethyl adjacent to an activating group) is 1. The third kappa shape index (κ3) is 2.83. The maximum atomic E-state index is 6.03. The van der Waals surface area contributed by atoms with Crippen molar-refractivity contribution < 1.29 is 4.74 Å². The van der Waals surface area contributed by atoms with Crippen LogP contribution in [0.5, 0.6) is 0 Å². The number of benzene rings is 1. The molecule has 1 aliphatic rings. The van der Waals surface area contributed by atoms with Crippen molar-refractivity contribution in [3.05, 3.63) is 35.5 Å². The first-order valence-corrected chi connectivity index (χ1v) is 7.40. The van der Waals surface area contributed by atoms with Crippen LogP contribution in [0.15, 0.2) is 24.3 Å². The molecule has 0 fully saturated rings. The Balaban J connectivity index is 0.00000161. The van der Waals surface area contributed by atoms with Gasteiger partial charge >= 0.3 is 0 Å². The second-order valence-corrected chi connectivity index (χ2v) is 6.41. The van der Waals surface area contributed by atoms with E-state index in [0.717, 1.165) is 26.1 Å². The van der Waals surface area contributed by atoms with E-state index in [0.29, 0.717) is 0 Å². The van der Waals surface area contributed by atoms with E-state index in [9.17, 15) is 0 Å². The van der Waals surface area contributed by atoms with E-state index in [2.05, 4.69) is 61.7 Å². The molecule has 2 heterocycles. The highest BCUT2D eigenvalue weighted by Gasteiger charge is 2.34. The molecule has 0 spiro atoms. The fraction of sp³-hybridized carbons (Fsp3) is 0.529. The van der Waals surface area contributed by atoms with Crippen LogP contribution >= 0.6 is 12.4 Å². The normalized spacial score (nSPS) is 16.8.